The second-order valence-corrected chi connectivity index (χ2v) is 4.13. The number of nitrogens with zero attached hydrogens (tertiary/aromatic N) is 2. The van der Waals surface area contributed by atoms with Gasteiger partial charge in [0.1, 0.15) is 22.0 Å². The Balaban J connectivity index is 2.50. The third-order valence-corrected chi connectivity index (χ3v) is 3.01. The van der Waals surface area contributed by atoms with Crippen LogP contribution in [0.1, 0.15) is 12.0 Å². The standard InChI is InChI=1S/C12H10N2O5/c15-11-6-7-12(13(16)17,14(18)19)8-10(11)9-4-2-1-3-5-9/h1-7,15H,8H2. The summed E-state index contributed by atoms with van der Waals surface area (Å²) in [7, 11) is 0. The Morgan fingerprint density at radius 2 is 1.68 bits per heavy atom. The molecule has 0 fully saturated rings. The zero-order chi connectivity index (χ0) is 14.0. The summed E-state index contributed by atoms with van der Waals surface area (Å²) in [5.41, 5.74) is -1.70. The Hall–Kier alpha value is -2.70. The van der Waals surface area contributed by atoms with Gasteiger partial charge in [-0.05, 0) is 11.6 Å². The first-order valence-corrected chi connectivity index (χ1v) is 5.43. The van der Waals surface area contributed by atoms with E-state index in [0.717, 1.165) is 12.2 Å². The fourth-order valence-corrected chi connectivity index (χ4v) is 1.93. The molecule has 0 saturated carbocycles. The van der Waals surface area contributed by atoms with E-state index in [1.54, 1.807) is 30.3 Å². The highest BCUT2D eigenvalue weighted by Gasteiger charge is 2.56. The van der Waals surface area contributed by atoms with Crippen LogP contribution in [0.5, 0.6) is 0 Å². The minimum Gasteiger partial charge on any atom is -0.508 e. The van der Waals surface area contributed by atoms with Crippen molar-refractivity contribution in [2.24, 2.45) is 0 Å². The van der Waals surface area contributed by atoms with Crippen molar-refractivity contribution < 1.29 is 15.0 Å². The van der Waals surface area contributed by atoms with Gasteiger partial charge in [-0.2, -0.15) is 0 Å². The van der Waals surface area contributed by atoms with Crippen LogP contribution in [0.15, 0.2) is 48.2 Å². The Bertz CT molecular complexity index is 577. The number of hydrogen-bond donors (Lipinski definition) is 1. The molecular weight excluding hydrogens is 252 g/mol. The summed E-state index contributed by atoms with van der Waals surface area (Å²) in [6.45, 7) is 0. The van der Waals surface area contributed by atoms with E-state index < -0.39 is 21.9 Å². The number of nitro groups is 2. The number of benzene rings is 1. The van der Waals surface area contributed by atoms with Gasteiger partial charge in [-0.3, -0.25) is 20.2 Å². The molecule has 98 valence electrons. The highest BCUT2D eigenvalue weighted by molar-refractivity contribution is 5.71. The summed E-state index contributed by atoms with van der Waals surface area (Å²) >= 11 is 0. The second-order valence-electron chi connectivity index (χ2n) is 4.13. The maximum Gasteiger partial charge on any atom is 0.482 e. The number of rotatable bonds is 3. The Morgan fingerprint density at radius 3 is 2.21 bits per heavy atom. The zero-order valence-corrected chi connectivity index (χ0v) is 9.72. The quantitative estimate of drug-likeness (QED) is 0.510. The van der Waals surface area contributed by atoms with E-state index in [2.05, 4.69) is 0 Å². The lowest BCUT2D eigenvalue weighted by atomic mass is 9.89. The van der Waals surface area contributed by atoms with Gasteiger partial charge in [0.25, 0.3) is 0 Å². The van der Waals surface area contributed by atoms with Crippen LogP contribution in [0.3, 0.4) is 0 Å². The molecule has 0 unspecified atom stereocenters. The maximum absolute atomic E-state index is 11.0. The van der Waals surface area contributed by atoms with E-state index in [1.165, 1.54) is 0 Å². The SMILES string of the molecule is O=[N+]([O-])C1([N+](=O)[O-])C=CC(O)=C(c2ccccc2)C1. The van der Waals surface area contributed by atoms with Crippen LogP contribution in [0.2, 0.25) is 0 Å². The topological polar surface area (TPSA) is 107 Å². The third-order valence-electron chi connectivity index (χ3n) is 3.01. The Kier molecular flexibility index (Phi) is 3.04. The molecule has 1 aromatic rings. The van der Waals surface area contributed by atoms with Crippen LogP contribution in [-0.4, -0.2) is 20.6 Å². The molecule has 0 atom stereocenters. The molecule has 0 radical (unpaired) electrons. The molecule has 0 amide bonds. The van der Waals surface area contributed by atoms with Crippen LogP contribution in [0, 0.1) is 20.2 Å². The minimum absolute atomic E-state index is 0.189. The molecule has 1 aromatic carbocycles. The first kappa shape index (κ1) is 12.7. The van der Waals surface area contributed by atoms with Crippen LogP contribution in [0.25, 0.3) is 5.57 Å². The van der Waals surface area contributed by atoms with E-state index in [4.69, 9.17) is 0 Å². The number of aliphatic hydroxyl groups is 1. The van der Waals surface area contributed by atoms with Crippen LogP contribution in [0.4, 0.5) is 0 Å². The van der Waals surface area contributed by atoms with Crippen molar-refractivity contribution in [3.8, 4) is 0 Å². The lowest BCUT2D eigenvalue weighted by molar-refractivity contribution is -0.779. The molecule has 0 aromatic heterocycles. The van der Waals surface area contributed by atoms with Crippen molar-refractivity contribution in [2.45, 2.75) is 12.1 Å². The molecule has 0 saturated heterocycles. The lowest BCUT2D eigenvalue weighted by Crippen LogP contribution is -2.45. The van der Waals surface area contributed by atoms with Gasteiger partial charge in [-0.1, -0.05) is 30.3 Å². The van der Waals surface area contributed by atoms with Gasteiger partial charge in [0.05, 0.1) is 6.08 Å². The Morgan fingerprint density at radius 1 is 1.11 bits per heavy atom. The van der Waals surface area contributed by atoms with Crippen LogP contribution < -0.4 is 0 Å². The maximum atomic E-state index is 11.0. The fraction of sp³-hybridized carbons (Fsp3) is 0.167. The normalized spacial score (nSPS) is 17.3. The van der Waals surface area contributed by atoms with Crippen molar-refractivity contribution in [3.05, 3.63) is 74.0 Å². The predicted octanol–water partition coefficient (Wildman–Crippen LogP) is 2.17. The highest BCUT2D eigenvalue weighted by atomic mass is 16.7. The molecule has 1 aliphatic carbocycles. The molecule has 7 nitrogen and oxygen atoms in total. The van der Waals surface area contributed by atoms with Crippen LogP contribution >= 0.6 is 0 Å². The van der Waals surface area contributed by atoms with E-state index in [1.807, 2.05) is 0 Å². The summed E-state index contributed by atoms with van der Waals surface area (Å²) in [6, 6.07) is 8.39. The first-order chi connectivity index (χ1) is 8.97. The van der Waals surface area contributed by atoms with Gasteiger partial charge in [-0.15, -0.1) is 0 Å². The van der Waals surface area contributed by atoms with Gasteiger partial charge < -0.3 is 5.11 Å². The van der Waals surface area contributed by atoms with Gasteiger partial charge in [0.2, 0.25) is 0 Å². The minimum atomic E-state index is -2.42. The molecule has 0 spiro atoms. The molecule has 2 rings (SSSR count). The van der Waals surface area contributed by atoms with E-state index in [-0.39, 0.29) is 11.3 Å². The number of allylic oxidation sites excluding steroid dienone is 1. The van der Waals surface area contributed by atoms with Crippen molar-refractivity contribution in [1.29, 1.82) is 0 Å². The van der Waals surface area contributed by atoms with Gasteiger partial charge >= 0.3 is 5.66 Å². The molecular formula is C12H10N2O5. The van der Waals surface area contributed by atoms with Gasteiger partial charge in [0, 0.05) is 5.57 Å². The first-order valence-electron chi connectivity index (χ1n) is 5.43. The molecule has 1 aliphatic rings. The largest absolute Gasteiger partial charge is 0.508 e. The summed E-state index contributed by atoms with van der Waals surface area (Å²) in [5.74, 6) is -0.189. The molecule has 1 N–H and O–H groups in total. The van der Waals surface area contributed by atoms with Crippen molar-refractivity contribution >= 4 is 5.57 Å². The van der Waals surface area contributed by atoms with E-state index in [9.17, 15) is 25.3 Å². The molecule has 0 aliphatic heterocycles. The molecule has 7 heteroatoms. The molecule has 0 bridgehead atoms. The van der Waals surface area contributed by atoms with E-state index >= 15 is 0 Å². The fourth-order valence-electron chi connectivity index (χ4n) is 1.93. The predicted molar refractivity (Wildman–Crippen MR) is 66.5 cm³/mol. The summed E-state index contributed by atoms with van der Waals surface area (Å²) in [4.78, 5) is 20.1. The average molecular weight is 262 g/mol. The Labute approximate surface area is 107 Å². The van der Waals surface area contributed by atoms with Gasteiger partial charge in [-0.25, -0.2) is 0 Å². The average Bonchev–Trinajstić information content (AvgIpc) is 2.40. The number of hydrogen-bond acceptors (Lipinski definition) is 5. The smallest absolute Gasteiger partial charge is 0.482 e. The van der Waals surface area contributed by atoms with Gasteiger partial charge in [0.15, 0.2) is 0 Å². The summed E-state index contributed by atoms with van der Waals surface area (Å²) < 4.78 is 0. The zero-order valence-electron chi connectivity index (χ0n) is 9.72. The second kappa shape index (κ2) is 4.52. The number of aliphatic hydroxyl groups excluding tert-OH is 1. The van der Waals surface area contributed by atoms with Crippen molar-refractivity contribution in [1.82, 2.24) is 0 Å². The van der Waals surface area contributed by atoms with Crippen molar-refractivity contribution in [2.75, 3.05) is 0 Å². The van der Waals surface area contributed by atoms with Crippen molar-refractivity contribution in [3.63, 3.8) is 0 Å². The third kappa shape index (κ3) is 2.05. The monoisotopic (exact) mass is 262 g/mol. The van der Waals surface area contributed by atoms with E-state index in [0.29, 0.717) is 5.56 Å². The highest BCUT2D eigenvalue weighted by Crippen LogP contribution is 2.35. The molecule has 19 heavy (non-hydrogen) atoms. The summed E-state index contributed by atoms with van der Waals surface area (Å²) in [6.07, 6.45) is 1.34. The molecule has 0 heterocycles. The lowest BCUT2D eigenvalue weighted by Gasteiger charge is -2.19. The summed E-state index contributed by atoms with van der Waals surface area (Å²) in [5, 5.41) is 31.8. The van der Waals surface area contributed by atoms with Crippen LogP contribution in [-0.2, 0) is 0 Å².